The van der Waals surface area contributed by atoms with E-state index < -0.39 is 16.9 Å². The lowest BCUT2D eigenvalue weighted by Crippen LogP contribution is -2.61. The van der Waals surface area contributed by atoms with Crippen LogP contribution in [0.4, 0.5) is 4.39 Å². The number of amides is 2. The fourth-order valence-electron chi connectivity index (χ4n) is 4.92. The summed E-state index contributed by atoms with van der Waals surface area (Å²) in [6.45, 7) is 7.64. The summed E-state index contributed by atoms with van der Waals surface area (Å²) in [5.74, 6) is -0.817. The van der Waals surface area contributed by atoms with Crippen molar-refractivity contribution < 1.29 is 14.0 Å². The molecule has 0 saturated heterocycles. The maximum Gasteiger partial charge on any atom is 0.255 e. The first-order valence-corrected chi connectivity index (χ1v) is 10.7. The molecule has 4 nitrogen and oxygen atoms in total. The van der Waals surface area contributed by atoms with Crippen LogP contribution in [0.1, 0.15) is 69.3 Å². The molecule has 1 aliphatic carbocycles. The molecule has 2 aromatic carbocycles. The van der Waals surface area contributed by atoms with Crippen LogP contribution in [-0.2, 0) is 10.3 Å². The normalized spacial score (nSPS) is 21.8. The topological polar surface area (TPSA) is 49.4 Å². The SMILES string of the molecule is CC(C)(C)NC(=O)C1(C)c2ccccc2-c2cc(F)ccc2C(=O)N1C1CCCC1. The number of nitrogens with one attached hydrogen (secondary N) is 1. The second kappa shape index (κ2) is 7.22. The molecule has 0 aromatic heterocycles. The van der Waals surface area contributed by atoms with Gasteiger partial charge in [-0.3, -0.25) is 9.59 Å². The van der Waals surface area contributed by atoms with E-state index in [-0.39, 0.29) is 17.9 Å². The third kappa shape index (κ3) is 3.30. The van der Waals surface area contributed by atoms with Crippen molar-refractivity contribution in [3.63, 3.8) is 0 Å². The summed E-state index contributed by atoms with van der Waals surface area (Å²) >= 11 is 0. The van der Waals surface area contributed by atoms with Gasteiger partial charge in [-0.1, -0.05) is 37.1 Å². The fourth-order valence-corrected chi connectivity index (χ4v) is 4.92. The molecule has 0 radical (unpaired) electrons. The maximum atomic E-state index is 14.2. The molecule has 30 heavy (non-hydrogen) atoms. The van der Waals surface area contributed by atoms with Crippen LogP contribution in [0, 0.1) is 5.82 Å². The molecule has 1 aliphatic heterocycles. The van der Waals surface area contributed by atoms with Crippen molar-refractivity contribution in [2.24, 2.45) is 0 Å². The lowest BCUT2D eigenvalue weighted by atomic mass is 9.83. The summed E-state index contributed by atoms with van der Waals surface area (Å²) in [6.07, 6.45) is 3.79. The minimum atomic E-state index is -1.20. The molecular weight excluding hydrogens is 379 g/mol. The number of fused-ring (bicyclic) bond motifs is 3. The van der Waals surface area contributed by atoms with Crippen molar-refractivity contribution in [2.45, 2.75) is 70.5 Å². The number of benzene rings is 2. The van der Waals surface area contributed by atoms with Gasteiger partial charge in [0, 0.05) is 17.1 Å². The van der Waals surface area contributed by atoms with Gasteiger partial charge in [0.1, 0.15) is 11.4 Å². The molecule has 1 fully saturated rings. The van der Waals surface area contributed by atoms with E-state index in [1.165, 1.54) is 12.1 Å². The smallest absolute Gasteiger partial charge is 0.255 e. The largest absolute Gasteiger partial charge is 0.349 e. The molecule has 1 saturated carbocycles. The highest BCUT2D eigenvalue weighted by molar-refractivity contribution is 6.07. The van der Waals surface area contributed by atoms with Gasteiger partial charge in [-0.15, -0.1) is 0 Å². The van der Waals surface area contributed by atoms with Crippen molar-refractivity contribution in [2.75, 3.05) is 0 Å². The predicted molar refractivity (Wildman–Crippen MR) is 116 cm³/mol. The summed E-state index contributed by atoms with van der Waals surface area (Å²) < 4.78 is 14.2. The molecule has 0 bridgehead atoms. The number of nitrogens with zero attached hydrogens (tertiary/aromatic N) is 1. The summed E-state index contributed by atoms with van der Waals surface area (Å²) in [7, 11) is 0. The Kier molecular flexibility index (Phi) is 4.95. The number of carbonyl (C=O) groups is 2. The van der Waals surface area contributed by atoms with Gasteiger partial charge in [-0.05, 0) is 75.4 Å². The highest BCUT2D eigenvalue weighted by Crippen LogP contribution is 2.45. The number of hydrogen-bond donors (Lipinski definition) is 1. The first kappa shape index (κ1) is 20.6. The van der Waals surface area contributed by atoms with Crippen LogP contribution in [0.25, 0.3) is 11.1 Å². The van der Waals surface area contributed by atoms with Crippen LogP contribution in [0.5, 0.6) is 0 Å². The zero-order chi connectivity index (χ0) is 21.7. The maximum absolute atomic E-state index is 14.2. The Balaban J connectivity index is 2.01. The van der Waals surface area contributed by atoms with E-state index in [0.29, 0.717) is 11.1 Å². The van der Waals surface area contributed by atoms with Crippen LogP contribution >= 0.6 is 0 Å². The van der Waals surface area contributed by atoms with Gasteiger partial charge in [0.05, 0.1) is 0 Å². The summed E-state index contributed by atoms with van der Waals surface area (Å²) in [5.41, 5.74) is 0.800. The van der Waals surface area contributed by atoms with Crippen LogP contribution in [-0.4, -0.2) is 28.3 Å². The van der Waals surface area contributed by atoms with Gasteiger partial charge in [-0.25, -0.2) is 4.39 Å². The zero-order valence-electron chi connectivity index (χ0n) is 18.1. The molecule has 5 heteroatoms. The van der Waals surface area contributed by atoms with E-state index in [2.05, 4.69) is 5.32 Å². The Labute approximate surface area is 177 Å². The van der Waals surface area contributed by atoms with E-state index in [1.807, 2.05) is 52.0 Å². The number of hydrogen-bond acceptors (Lipinski definition) is 2. The van der Waals surface area contributed by atoms with Gasteiger partial charge in [-0.2, -0.15) is 0 Å². The highest BCUT2D eigenvalue weighted by Gasteiger charge is 2.51. The van der Waals surface area contributed by atoms with Gasteiger partial charge in [0.15, 0.2) is 0 Å². The first-order chi connectivity index (χ1) is 14.1. The first-order valence-electron chi connectivity index (χ1n) is 10.7. The summed E-state index contributed by atoms with van der Waals surface area (Å²) in [5, 5.41) is 3.10. The second-order valence-electron chi connectivity index (χ2n) is 9.63. The van der Waals surface area contributed by atoms with Crippen molar-refractivity contribution >= 4 is 11.8 Å². The molecule has 1 N–H and O–H groups in total. The van der Waals surface area contributed by atoms with E-state index in [9.17, 15) is 14.0 Å². The third-order valence-corrected chi connectivity index (χ3v) is 6.27. The van der Waals surface area contributed by atoms with E-state index >= 15 is 0 Å². The van der Waals surface area contributed by atoms with Crippen LogP contribution in [0.2, 0.25) is 0 Å². The van der Waals surface area contributed by atoms with Crippen molar-refractivity contribution in [3.8, 4) is 11.1 Å². The lowest BCUT2D eigenvalue weighted by molar-refractivity contribution is -0.134. The van der Waals surface area contributed by atoms with Gasteiger partial charge >= 0.3 is 0 Å². The molecule has 0 spiro atoms. The van der Waals surface area contributed by atoms with Crippen molar-refractivity contribution in [1.29, 1.82) is 0 Å². The molecule has 2 aromatic rings. The zero-order valence-corrected chi connectivity index (χ0v) is 18.1. The van der Waals surface area contributed by atoms with E-state index in [0.717, 1.165) is 36.8 Å². The predicted octanol–water partition coefficient (Wildman–Crippen LogP) is 5.02. The number of halogens is 1. The average Bonchev–Trinajstić information content (AvgIpc) is 3.18. The Morgan fingerprint density at radius 1 is 1.07 bits per heavy atom. The minimum Gasteiger partial charge on any atom is -0.349 e. The second-order valence-corrected chi connectivity index (χ2v) is 9.63. The van der Waals surface area contributed by atoms with Gasteiger partial charge < -0.3 is 10.2 Å². The quantitative estimate of drug-likeness (QED) is 0.758. The van der Waals surface area contributed by atoms with Crippen LogP contribution < -0.4 is 5.32 Å². The average molecular weight is 409 g/mol. The van der Waals surface area contributed by atoms with Crippen LogP contribution in [0.15, 0.2) is 42.5 Å². The molecule has 1 atom stereocenters. The Morgan fingerprint density at radius 2 is 1.73 bits per heavy atom. The molecule has 4 rings (SSSR count). The standard InChI is InChI=1S/C25H29FN2O2/c1-24(2,3)27-23(30)25(4)21-12-8-7-11-18(21)20-15-16(26)13-14-19(20)22(29)28(25)17-9-5-6-10-17/h7-8,11-15,17H,5-6,9-10H2,1-4H3,(H,27,30). The monoisotopic (exact) mass is 408 g/mol. The number of rotatable bonds is 2. The van der Waals surface area contributed by atoms with Crippen molar-refractivity contribution in [3.05, 3.63) is 59.4 Å². The van der Waals surface area contributed by atoms with Crippen molar-refractivity contribution in [1.82, 2.24) is 10.2 Å². The Hall–Kier alpha value is -2.69. The molecule has 158 valence electrons. The molecule has 1 unspecified atom stereocenters. The molecular formula is C25H29FN2O2. The summed E-state index contributed by atoms with van der Waals surface area (Å²) in [4.78, 5) is 29.5. The van der Waals surface area contributed by atoms with Gasteiger partial charge in [0.2, 0.25) is 0 Å². The Bertz CT molecular complexity index is 1000. The van der Waals surface area contributed by atoms with Gasteiger partial charge in [0.25, 0.3) is 11.8 Å². The lowest BCUT2D eigenvalue weighted by Gasteiger charge is -2.44. The molecule has 2 amide bonds. The third-order valence-electron chi connectivity index (χ3n) is 6.27. The molecule has 1 heterocycles. The summed E-state index contributed by atoms with van der Waals surface area (Å²) in [6, 6.07) is 11.8. The fraction of sp³-hybridized carbons (Fsp3) is 0.440. The van der Waals surface area contributed by atoms with Crippen LogP contribution in [0.3, 0.4) is 0 Å². The minimum absolute atomic E-state index is 0.0303. The van der Waals surface area contributed by atoms with E-state index in [1.54, 1.807) is 11.0 Å². The number of carbonyl (C=O) groups excluding carboxylic acids is 2. The molecule has 2 aliphatic rings. The highest BCUT2D eigenvalue weighted by atomic mass is 19.1. The Morgan fingerprint density at radius 3 is 2.40 bits per heavy atom. The van der Waals surface area contributed by atoms with E-state index in [4.69, 9.17) is 0 Å².